The van der Waals surface area contributed by atoms with Crippen molar-refractivity contribution in [1.29, 1.82) is 0 Å². The summed E-state index contributed by atoms with van der Waals surface area (Å²) in [6.45, 7) is 3.92. The van der Waals surface area contributed by atoms with Crippen LogP contribution < -0.4 is 5.32 Å². The van der Waals surface area contributed by atoms with Crippen LogP contribution in [0, 0.1) is 13.8 Å². The fourth-order valence-corrected chi connectivity index (χ4v) is 4.09. The van der Waals surface area contributed by atoms with Crippen molar-refractivity contribution in [3.8, 4) is 0 Å². The van der Waals surface area contributed by atoms with Crippen LogP contribution in [0.4, 0.5) is 0 Å². The maximum Gasteiger partial charge on any atom is 0.252 e. The Labute approximate surface area is 178 Å². The van der Waals surface area contributed by atoms with Crippen molar-refractivity contribution in [3.63, 3.8) is 0 Å². The fourth-order valence-electron chi connectivity index (χ4n) is 3.62. The van der Waals surface area contributed by atoms with Gasteiger partial charge in [0, 0.05) is 24.0 Å². The lowest BCUT2D eigenvalue weighted by molar-refractivity contribution is -0.121. The van der Waals surface area contributed by atoms with Gasteiger partial charge in [-0.15, -0.1) is 10.2 Å². The molecule has 0 aliphatic carbocycles. The molecule has 10 heteroatoms. The van der Waals surface area contributed by atoms with Gasteiger partial charge in [0.15, 0.2) is 11.5 Å². The zero-order chi connectivity index (χ0) is 21.1. The summed E-state index contributed by atoms with van der Waals surface area (Å²) in [5.41, 5.74) is 3.64. The van der Waals surface area contributed by atoms with Crippen molar-refractivity contribution in [1.82, 2.24) is 39.5 Å². The van der Waals surface area contributed by atoms with Crippen LogP contribution in [-0.4, -0.2) is 52.1 Å². The van der Waals surface area contributed by atoms with Crippen molar-refractivity contribution in [3.05, 3.63) is 53.5 Å². The number of carbonyl (C=O) groups is 1. The highest BCUT2D eigenvalue weighted by Crippen LogP contribution is 2.19. The highest BCUT2D eigenvalue weighted by molar-refractivity contribution is 7.98. The van der Waals surface area contributed by atoms with Crippen LogP contribution in [0.15, 0.2) is 30.7 Å². The van der Waals surface area contributed by atoms with Crippen LogP contribution in [0.1, 0.15) is 41.7 Å². The minimum Gasteiger partial charge on any atom is -0.346 e. The van der Waals surface area contributed by atoms with E-state index in [1.54, 1.807) is 16.3 Å². The van der Waals surface area contributed by atoms with E-state index in [0.717, 1.165) is 40.6 Å². The van der Waals surface area contributed by atoms with Gasteiger partial charge in [0.2, 0.25) is 5.91 Å². The second-order valence-electron chi connectivity index (χ2n) is 7.12. The van der Waals surface area contributed by atoms with Gasteiger partial charge in [-0.2, -0.15) is 21.8 Å². The largest absolute Gasteiger partial charge is 0.346 e. The Hall–Kier alpha value is -3.01. The molecule has 1 amide bonds. The number of hydrogen-bond acceptors (Lipinski definition) is 7. The Kier molecular flexibility index (Phi) is 5.93. The van der Waals surface area contributed by atoms with Crippen LogP contribution in [0.25, 0.3) is 11.4 Å². The predicted molar refractivity (Wildman–Crippen MR) is 115 cm³/mol. The Morgan fingerprint density at radius 2 is 2.13 bits per heavy atom. The molecule has 0 bridgehead atoms. The van der Waals surface area contributed by atoms with E-state index in [-0.39, 0.29) is 11.9 Å². The molecule has 1 unspecified atom stereocenters. The zero-order valence-corrected chi connectivity index (χ0v) is 18.1. The van der Waals surface area contributed by atoms with Crippen molar-refractivity contribution in [2.24, 2.45) is 0 Å². The van der Waals surface area contributed by atoms with Crippen molar-refractivity contribution < 1.29 is 4.79 Å². The summed E-state index contributed by atoms with van der Waals surface area (Å²) in [7, 11) is 0. The van der Waals surface area contributed by atoms with Crippen LogP contribution in [0.5, 0.6) is 0 Å². The predicted octanol–water partition coefficient (Wildman–Crippen LogP) is 2.33. The third-order valence-corrected chi connectivity index (χ3v) is 5.83. The number of pyridine rings is 1. The summed E-state index contributed by atoms with van der Waals surface area (Å²) < 4.78 is 3.64. The number of amides is 1. The monoisotopic (exact) mass is 424 g/mol. The molecule has 0 fully saturated rings. The summed E-state index contributed by atoms with van der Waals surface area (Å²) in [5.74, 6) is 2.23. The number of hydrogen-bond donors (Lipinski definition) is 1. The maximum absolute atomic E-state index is 12.8. The summed E-state index contributed by atoms with van der Waals surface area (Å²) in [6, 6.07) is 5.57. The number of fused-ring (bicyclic) bond motifs is 2. The molecule has 9 nitrogen and oxygen atoms in total. The molecule has 4 rings (SSSR count). The van der Waals surface area contributed by atoms with E-state index in [4.69, 9.17) is 0 Å². The van der Waals surface area contributed by atoms with E-state index < -0.39 is 0 Å². The minimum absolute atomic E-state index is 0.0220. The molecule has 0 radical (unpaired) electrons. The van der Waals surface area contributed by atoms with E-state index in [9.17, 15) is 4.79 Å². The highest BCUT2D eigenvalue weighted by atomic mass is 32.2. The highest BCUT2D eigenvalue weighted by Gasteiger charge is 2.21. The normalized spacial score (nSPS) is 12.5. The minimum atomic E-state index is -0.194. The zero-order valence-electron chi connectivity index (χ0n) is 17.2. The summed E-state index contributed by atoms with van der Waals surface area (Å²) in [6.07, 6.45) is 7.20. The van der Waals surface area contributed by atoms with Gasteiger partial charge in [0.05, 0.1) is 6.04 Å². The first-order valence-corrected chi connectivity index (χ1v) is 11.2. The van der Waals surface area contributed by atoms with Gasteiger partial charge in [-0.1, -0.05) is 6.07 Å². The Balaban J connectivity index is 1.49. The second kappa shape index (κ2) is 8.78. The number of rotatable bonds is 8. The van der Waals surface area contributed by atoms with Crippen molar-refractivity contribution in [2.45, 2.75) is 39.2 Å². The van der Waals surface area contributed by atoms with Gasteiger partial charge in [-0.3, -0.25) is 9.20 Å². The smallest absolute Gasteiger partial charge is 0.252 e. The third-order valence-electron chi connectivity index (χ3n) is 5.19. The first-order chi connectivity index (χ1) is 14.6. The average Bonchev–Trinajstić information content (AvgIpc) is 3.38. The molecule has 0 aromatic carbocycles. The lowest BCUT2D eigenvalue weighted by atomic mass is 10.1. The van der Waals surface area contributed by atoms with E-state index in [2.05, 4.69) is 36.8 Å². The molecular weight excluding hydrogens is 400 g/mol. The molecule has 0 aliphatic rings. The van der Waals surface area contributed by atoms with E-state index in [0.29, 0.717) is 18.6 Å². The molecule has 4 aromatic rings. The molecule has 0 saturated heterocycles. The van der Waals surface area contributed by atoms with Crippen LogP contribution in [0.3, 0.4) is 0 Å². The van der Waals surface area contributed by atoms with E-state index in [1.807, 2.05) is 42.6 Å². The van der Waals surface area contributed by atoms with Crippen LogP contribution >= 0.6 is 11.8 Å². The van der Waals surface area contributed by atoms with Gasteiger partial charge < -0.3 is 5.32 Å². The lowest BCUT2D eigenvalue weighted by Gasteiger charge is -2.17. The van der Waals surface area contributed by atoms with Crippen LogP contribution in [0.2, 0.25) is 0 Å². The van der Waals surface area contributed by atoms with Gasteiger partial charge in [0.1, 0.15) is 6.33 Å². The number of carbonyl (C=O) groups excluding carboxylic acids is 1. The molecular formula is C20H24N8OS. The summed E-state index contributed by atoms with van der Waals surface area (Å²) >= 11 is 1.74. The van der Waals surface area contributed by atoms with E-state index in [1.165, 1.54) is 6.33 Å². The molecule has 156 valence electrons. The topological polar surface area (TPSA) is 102 Å². The number of aromatic nitrogens is 7. The number of thioether (sulfide) groups is 1. The van der Waals surface area contributed by atoms with Crippen molar-refractivity contribution >= 4 is 29.1 Å². The summed E-state index contributed by atoms with van der Waals surface area (Å²) in [4.78, 5) is 21.5. The number of nitrogens with one attached hydrogen (secondary N) is 1. The Morgan fingerprint density at radius 3 is 2.97 bits per heavy atom. The average molecular weight is 425 g/mol. The van der Waals surface area contributed by atoms with E-state index >= 15 is 0 Å². The van der Waals surface area contributed by atoms with Crippen molar-refractivity contribution in [2.75, 3.05) is 12.0 Å². The SMILES string of the molecule is CSCCC(NC(=O)CCc1c(C)nc2ncnn2c1C)c1nnc2ccccn12. The van der Waals surface area contributed by atoms with Gasteiger partial charge in [-0.25, -0.2) is 9.50 Å². The first kappa shape index (κ1) is 20.3. The van der Waals surface area contributed by atoms with Crippen LogP contribution in [-0.2, 0) is 11.2 Å². The molecule has 0 spiro atoms. The molecule has 1 atom stereocenters. The second-order valence-corrected chi connectivity index (χ2v) is 8.11. The lowest BCUT2D eigenvalue weighted by Crippen LogP contribution is -2.30. The molecule has 4 aromatic heterocycles. The molecule has 30 heavy (non-hydrogen) atoms. The Morgan fingerprint density at radius 1 is 1.27 bits per heavy atom. The number of nitrogens with zero attached hydrogens (tertiary/aromatic N) is 7. The fraction of sp³-hybridized carbons (Fsp3) is 0.400. The molecule has 0 aliphatic heterocycles. The van der Waals surface area contributed by atoms with Gasteiger partial charge in [-0.05, 0) is 56.4 Å². The third kappa shape index (κ3) is 4.00. The Bertz CT molecular complexity index is 1180. The summed E-state index contributed by atoms with van der Waals surface area (Å²) in [5, 5.41) is 15.9. The molecule has 1 N–H and O–H groups in total. The molecule has 4 heterocycles. The first-order valence-electron chi connectivity index (χ1n) is 9.82. The van der Waals surface area contributed by atoms with Gasteiger partial charge in [0.25, 0.3) is 5.78 Å². The number of aryl methyl sites for hydroxylation is 2. The quantitative estimate of drug-likeness (QED) is 0.463. The van der Waals surface area contributed by atoms with Gasteiger partial charge >= 0.3 is 0 Å². The standard InChI is InChI=1S/C20H24N8OS/c1-13-15(14(2)28-20(23-13)21-12-22-28)7-8-18(29)24-16(9-11-30-3)19-26-25-17-6-4-5-10-27(17)19/h4-6,10,12,16H,7-9,11H2,1-3H3,(H,24,29). The molecule has 0 saturated carbocycles. The maximum atomic E-state index is 12.8.